The second-order valence-electron chi connectivity index (χ2n) is 6.80. The summed E-state index contributed by atoms with van der Waals surface area (Å²) in [6.45, 7) is 10.4. The number of amides is 1. The van der Waals surface area contributed by atoms with E-state index in [2.05, 4.69) is 14.9 Å². The number of benzene rings is 1. The number of nitrogens with one attached hydrogen (secondary N) is 2. The lowest BCUT2D eigenvalue weighted by atomic mass is 10.2. The highest BCUT2D eigenvalue weighted by Gasteiger charge is 2.22. The Labute approximate surface area is 167 Å². The number of carbonyl (C=O) groups excluding carboxylic acids is 1. The van der Waals surface area contributed by atoms with Crippen molar-refractivity contribution in [3.05, 3.63) is 23.8 Å². The third kappa shape index (κ3) is 6.73. The molecule has 158 valence electrons. The van der Waals surface area contributed by atoms with E-state index < -0.39 is 16.1 Å². The van der Waals surface area contributed by atoms with Gasteiger partial charge in [0.2, 0.25) is 15.9 Å². The number of rotatable bonds is 10. The molecule has 1 aliphatic rings. The fraction of sp³-hybridized carbons (Fsp3) is 0.632. The van der Waals surface area contributed by atoms with Crippen LogP contribution in [0.4, 0.5) is 0 Å². The molecule has 1 atom stereocenters. The summed E-state index contributed by atoms with van der Waals surface area (Å²) in [6, 6.07) is 3.79. The molecule has 28 heavy (non-hydrogen) atoms. The molecule has 0 bridgehead atoms. The lowest BCUT2D eigenvalue weighted by molar-refractivity contribution is -0.122. The van der Waals surface area contributed by atoms with Gasteiger partial charge < -0.3 is 14.8 Å². The highest BCUT2D eigenvalue weighted by Crippen LogP contribution is 2.21. The third-order valence-electron chi connectivity index (χ3n) is 4.54. The predicted molar refractivity (Wildman–Crippen MR) is 107 cm³/mol. The van der Waals surface area contributed by atoms with Crippen molar-refractivity contribution in [1.82, 2.24) is 14.9 Å². The molecule has 0 aliphatic carbocycles. The Morgan fingerprint density at radius 3 is 2.68 bits per heavy atom. The zero-order valence-electron chi connectivity index (χ0n) is 16.9. The van der Waals surface area contributed by atoms with Crippen LogP contribution in [0.1, 0.15) is 25.8 Å². The van der Waals surface area contributed by atoms with Crippen molar-refractivity contribution in [2.24, 2.45) is 0 Å². The molecule has 0 spiro atoms. The van der Waals surface area contributed by atoms with Gasteiger partial charge >= 0.3 is 0 Å². The molecule has 0 saturated carbocycles. The van der Waals surface area contributed by atoms with Crippen molar-refractivity contribution >= 4 is 15.9 Å². The van der Waals surface area contributed by atoms with E-state index >= 15 is 0 Å². The molecule has 8 nitrogen and oxygen atoms in total. The Morgan fingerprint density at radius 2 is 2.04 bits per heavy atom. The lowest BCUT2D eigenvalue weighted by Gasteiger charge is -2.26. The van der Waals surface area contributed by atoms with Crippen LogP contribution in [0, 0.1) is 6.92 Å². The molecule has 1 fully saturated rings. The van der Waals surface area contributed by atoms with Crippen LogP contribution in [0.5, 0.6) is 5.75 Å². The van der Waals surface area contributed by atoms with Gasteiger partial charge in [-0.15, -0.1) is 0 Å². The van der Waals surface area contributed by atoms with Crippen molar-refractivity contribution in [1.29, 1.82) is 0 Å². The number of ether oxygens (including phenoxy) is 2. The summed E-state index contributed by atoms with van der Waals surface area (Å²) in [5, 5.41) is 2.79. The molecule has 2 N–H and O–H groups in total. The van der Waals surface area contributed by atoms with Gasteiger partial charge in [0.05, 0.1) is 30.8 Å². The SMILES string of the molecule is CCOc1ccc(S(=O)(=O)N[C@@H](C)C(=O)NCCCN2CCOCC2)cc1C. The van der Waals surface area contributed by atoms with E-state index in [4.69, 9.17) is 9.47 Å². The van der Waals surface area contributed by atoms with Gasteiger partial charge in [-0.2, -0.15) is 4.72 Å². The minimum Gasteiger partial charge on any atom is -0.494 e. The first-order valence-electron chi connectivity index (χ1n) is 9.67. The van der Waals surface area contributed by atoms with E-state index in [-0.39, 0.29) is 10.8 Å². The van der Waals surface area contributed by atoms with Crippen molar-refractivity contribution in [3.63, 3.8) is 0 Å². The normalized spacial score (nSPS) is 16.5. The van der Waals surface area contributed by atoms with E-state index in [9.17, 15) is 13.2 Å². The summed E-state index contributed by atoms with van der Waals surface area (Å²) < 4.78 is 38.3. The number of aryl methyl sites for hydroxylation is 1. The number of carbonyl (C=O) groups is 1. The van der Waals surface area contributed by atoms with Gasteiger partial charge in [0, 0.05) is 19.6 Å². The molecule has 1 heterocycles. The van der Waals surface area contributed by atoms with Gasteiger partial charge in [-0.1, -0.05) is 0 Å². The number of hydrogen-bond donors (Lipinski definition) is 2. The second-order valence-corrected chi connectivity index (χ2v) is 8.52. The van der Waals surface area contributed by atoms with Gasteiger partial charge in [-0.25, -0.2) is 8.42 Å². The maximum absolute atomic E-state index is 12.6. The Bertz CT molecular complexity index is 748. The first-order valence-corrected chi connectivity index (χ1v) is 11.2. The fourth-order valence-corrected chi connectivity index (χ4v) is 4.24. The van der Waals surface area contributed by atoms with Crippen molar-refractivity contribution in [2.45, 2.75) is 38.1 Å². The zero-order chi connectivity index (χ0) is 20.6. The van der Waals surface area contributed by atoms with Gasteiger partial charge in [0.15, 0.2) is 0 Å². The molecule has 9 heteroatoms. The van der Waals surface area contributed by atoms with Gasteiger partial charge in [0.25, 0.3) is 0 Å². The average molecular weight is 414 g/mol. The molecule has 1 saturated heterocycles. The topological polar surface area (TPSA) is 97.0 Å². The molecule has 2 rings (SSSR count). The number of sulfonamides is 1. The molecule has 0 unspecified atom stereocenters. The first kappa shape index (κ1) is 22.6. The molecule has 1 aliphatic heterocycles. The summed E-state index contributed by atoms with van der Waals surface area (Å²) in [5.74, 6) is 0.306. The maximum Gasteiger partial charge on any atom is 0.241 e. The van der Waals surface area contributed by atoms with E-state index in [1.807, 2.05) is 6.92 Å². The van der Waals surface area contributed by atoms with Crippen LogP contribution in [-0.4, -0.2) is 71.3 Å². The van der Waals surface area contributed by atoms with Crippen LogP contribution in [0.3, 0.4) is 0 Å². The third-order valence-corrected chi connectivity index (χ3v) is 6.07. The van der Waals surface area contributed by atoms with Crippen LogP contribution in [-0.2, 0) is 19.6 Å². The molecule has 0 aromatic heterocycles. The van der Waals surface area contributed by atoms with Gasteiger partial charge in [-0.3, -0.25) is 9.69 Å². The zero-order valence-corrected chi connectivity index (χ0v) is 17.7. The van der Waals surface area contributed by atoms with Crippen LogP contribution in [0.15, 0.2) is 23.1 Å². The Balaban J connectivity index is 1.81. The summed E-state index contributed by atoms with van der Waals surface area (Å²) in [6.07, 6.45) is 0.809. The highest BCUT2D eigenvalue weighted by molar-refractivity contribution is 7.89. The molecular formula is C19H31N3O5S. The largest absolute Gasteiger partial charge is 0.494 e. The van der Waals surface area contributed by atoms with E-state index in [0.717, 1.165) is 44.8 Å². The highest BCUT2D eigenvalue weighted by atomic mass is 32.2. The number of nitrogens with zero attached hydrogens (tertiary/aromatic N) is 1. The van der Waals surface area contributed by atoms with Crippen LogP contribution in [0.25, 0.3) is 0 Å². The lowest BCUT2D eigenvalue weighted by Crippen LogP contribution is -2.45. The predicted octanol–water partition coefficient (Wildman–Crippen LogP) is 0.899. The number of hydrogen-bond acceptors (Lipinski definition) is 6. The summed E-state index contributed by atoms with van der Waals surface area (Å²) >= 11 is 0. The fourth-order valence-electron chi connectivity index (χ4n) is 2.95. The van der Waals surface area contributed by atoms with Crippen molar-refractivity contribution in [3.8, 4) is 5.75 Å². The number of morpholine rings is 1. The second kappa shape index (κ2) is 10.8. The minimum atomic E-state index is -3.79. The maximum atomic E-state index is 12.6. The molecular weight excluding hydrogens is 382 g/mol. The van der Waals surface area contributed by atoms with Crippen LogP contribution < -0.4 is 14.8 Å². The van der Waals surface area contributed by atoms with Crippen LogP contribution >= 0.6 is 0 Å². The average Bonchev–Trinajstić information content (AvgIpc) is 2.67. The Kier molecular flexibility index (Phi) is 8.68. The quantitative estimate of drug-likeness (QED) is 0.553. The molecule has 0 radical (unpaired) electrons. The molecule has 1 aromatic rings. The Hall–Kier alpha value is -1.68. The van der Waals surface area contributed by atoms with Crippen molar-refractivity contribution < 1.29 is 22.7 Å². The van der Waals surface area contributed by atoms with Crippen molar-refractivity contribution in [2.75, 3.05) is 46.0 Å². The monoisotopic (exact) mass is 413 g/mol. The molecule has 1 amide bonds. The van der Waals surface area contributed by atoms with Crippen LogP contribution in [0.2, 0.25) is 0 Å². The van der Waals surface area contributed by atoms with Gasteiger partial charge in [-0.05, 0) is 57.5 Å². The van der Waals surface area contributed by atoms with E-state index in [1.165, 1.54) is 13.0 Å². The summed E-state index contributed by atoms with van der Waals surface area (Å²) in [4.78, 5) is 14.6. The Morgan fingerprint density at radius 1 is 1.32 bits per heavy atom. The molecule has 1 aromatic carbocycles. The standard InChI is InChI=1S/C19H31N3O5S/c1-4-27-18-7-6-17(14-15(18)2)28(24,25)21-16(3)19(23)20-8-5-9-22-10-12-26-13-11-22/h6-7,14,16,21H,4-5,8-13H2,1-3H3,(H,20,23)/t16-/m0/s1. The van der Waals surface area contributed by atoms with E-state index in [0.29, 0.717) is 18.9 Å². The first-order chi connectivity index (χ1) is 13.3. The summed E-state index contributed by atoms with van der Waals surface area (Å²) in [7, 11) is -3.79. The van der Waals surface area contributed by atoms with E-state index in [1.54, 1.807) is 19.1 Å². The smallest absolute Gasteiger partial charge is 0.241 e. The van der Waals surface area contributed by atoms with Gasteiger partial charge in [0.1, 0.15) is 5.75 Å². The summed E-state index contributed by atoms with van der Waals surface area (Å²) in [5.41, 5.74) is 0.727. The minimum absolute atomic E-state index is 0.112.